The van der Waals surface area contributed by atoms with Crippen molar-refractivity contribution in [2.45, 2.75) is 6.16 Å². The van der Waals surface area contributed by atoms with Gasteiger partial charge in [0.25, 0.3) is 0 Å². The molecule has 0 aliphatic carbocycles. The maximum atomic E-state index is 4.74. The zero-order chi connectivity index (χ0) is 3.83. The summed E-state index contributed by atoms with van der Waals surface area (Å²) < 4.78 is 18.9. The fourth-order valence-corrected chi connectivity index (χ4v) is 1.77. The van der Waals surface area contributed by atoms with Crippen LogP contribution < -0.4 is 0 Å². The molecule has 6 heavy (non-hydrogen) atoms. The van der Waals surface area contributed by atoms with Gasteiger partial charge in [-0.3, -0.25) is 0 Å². The highest BCUT2D eigenvalue weighted by Crippen LogP contribution is 3.02. The lowest BCUT2D eigenvalue weighted by molar-refractivity contribution is -0.631. The molecule has 2 bridgehead atoms. The molecule has 0 atom stereocenters. The molecular weight excluding hydrogens is 107 g/mol. The van der Waals surface area contributed by atoms with Gasteiger partial charge in [-0.1, -0.05) is 0 Å². The highest BCUT2D eigenvalue weighted by molar-refractivity contribution is 7.62. The lowest BCUT2D eigenvalue weighted by atomic mass is 11.2. The van der Waals surface area contributed by atoms with E-state index >= 15 is 0 Å². The van der Waals surface area contributed by atoms with Crippen LogP contribution in [0.25, 0.3) is 0 Å². The molecule has 6 aliphatic rings. The van der Waals surface area contributed by atoms with Gasteiger partial charge in [0.15, 0.2) is 0 Å². The third kappa shape index (κ3) is 0.0775. The van der Waals surface area contributed by atoms with Crippen LogP contribution in [-0.2, 0) is 18.1 Å². The van der Waals surface area contributed by atoms with Crippen molar-refractivity contribution < 1.29 is 18.1 Å². The van der Waals surface area contributed by atoms with Gasteiger partial charge in [-0.15, -0.1) is 0 Å². The predicted molar refractivity (Wildman–Crippen MR) is 14.0 cm³/mol. The van der Waals surface area contributed by atoms with Crippen molar-refractivity contribution >= 4 is 8.17 Å². The van der Waals surface area contributed by atoms with Crippen LogP contribution in [0.1, 0.15) is 0 Å². The van der Waals surface area contributed by atoms with Gasteiger partial charge in [0.1, 0.15) is 0 Å². The second-order valence-corrected chi connectivity index (χ2v) is 2.94. The minimum absolute atomic E-state index is 0.951. The smallest absolute Gasteiger partial charge is 0.0449 e. The Bertz CT molecular complexity index is 84.5. The standard InChI is InChI=1S/CO4P/c2-1-3-6(2,4-1)5-1/q+1. The molecule has 0 spiro atoms. The average molecular weight is 107 g/mol. The van der Waals surface area contributed by atoms with Gasteiger partial charge >= 0.3 is 14.3 Å². The van der Waals surface area contributed by atoms with E-state index in [0.29, 0.717) is 0 Å². The van der Waals surface area contributed by atoms with Gasteiger partial charge in [0.05, 0.1) is 0 Å². The summed E-state index contributed by atoms with van der Waals surface area (Å²) in [5.41, 5.74) is 0. The molecule has 6 heterocycles. The molecule has 6 rings (SSSR count). The Labute approximate surface area is 33.6 Å². The molecular formula is CO4P+. The average Bonchev–Trinajstić information content (AvgIpc) is 0.503. The van der Waals surface area contributed by atoms with Crippen molar-refractivity contribution in [2.75, 3.05) is 0 Å². The van der Waals surface area contributed by atoms with Gasteiger partial charge in [0, 0.05) is 0 Å². The third-order valence-electron chi connectivity index (χ3n) is 0.894. The van der Waals surface area contributed by atoms with Crippen LogP contribution in [0.15, 0.2) is 0 Å². The largest absolute Gasteiger partial charge is 0.607 e. The number of hydrogen-bond donors (Lipinski definition) is 0. The zero-order valence-electron chi connectivity index (χ0n) is 2.58. The fourth-order valence-electron chi connectivity index (χ4n) is 0.589. The summed E-state index contributed by atoms with van der Waals surface area (Å²) in [6, 6.07) is 0. The van der Waals surface area contributed by atoms with Crippen molar-refractivity contribution in [1.82, 2.24) is 0 Å². The third-order valence-corrected chi connectivity index (χ3v) is 2.68. The van der Waals surface area contributed by atoms with E-state index in [9.17, 15) is 0 Å². The second kappa shape index (κ2) is 0.363. The van der Waals surface area contributed by atoms with Crippen LogP contribution in [0.5, 0.6) is 0 Å². The quantitative estimate of drug-likeness (QED) is 0.419. The minimum Gasteiger partial charge on any atom is -0.0449 e. The van der Waals surface area contributed by atoms with E-state index in [2.05, 4.69) is 0 Å². The summed E-state index contributed by atoms with van der Waals surface area (Å²) in [4.78, 5) is 0. The van der Waals surface area contributed by atoms with E-state index in [1.807, 2.05) is 0 Å². The Morgan fingerprint density at radius 1 is 1.00 bits per heavy atom. The summed E-state index contributed by atoms with van der Waals surface area (Å²) in [7, 11) is -1.94. The predicted octanol–water partition coefficient (Wildman–Crippen LogP) is 0.382. The molecule has 0 unspecified atom stereocenters. The molecule has 0 aromatic heterocycles. The molecule has 4 nitrogen and oxygen atoms in total. The first-order valence-corrected chi connectivity index (χ1v) is 3.01. The molecule has 5 heteroatoms. The van der Waals surface area contributed by atoms with E-state index in [0.717, 1.165) is 0 Å². The molecule has 0 aromatic rings. The molecule has 6 saturated heterocycles. The normalized spacial score (nSPS) is 80.0. The second-order valence-electron chi connectivity index (χ2n) is 1.31. The van der Waals surface area contributed by atoms with Gasteiger partial charge in [-0.2, -0.15) is 0 Å². The summed E-state index contributed by atoms with van der Waals surface area (Å²) in [6.45, 7) is 0. The van der Waals surface area contributed by atoms with Crippen LogP contribution in [0.3, 0.4) is 0 Å². The first-order chi connectivity index (χ1) is 2.83. The van der Waals surface area contributed by atoms with E-state index < -0.39 is 14.3 Å². The van der Waals surface area contributed by atoms with Crippen LogP contribution in [0.4, 0.5) is 0 Å². The summed E-state index contributed by atoms with van der Waals surface area (Å²) in [6.07, 6.45) is -0.951. The molecule has 6 fully saturated rings. The van der Waals surface area contributed by atoms with Gasteiger partial charge < -0.3 is 0 Å². The van der Waals surface area contributed by atoms with Crippen molar-refractivity contribution in [3.05, 3.63) is 0 Å². The minimum atomic E-state index is -1.94. The van der Waals surface area contributed by atoms with Crippen LogP contribution in [0, 0.1) is 0 Å². The van der Waals surface area contributed by atoms with Crippen molar-refractivity contribution in [3.8, 4) is 0 Å². The van der Waals surface area contributed by atoms with Crippen molar-refractivity contribution in [1.29, 1.82) is 0 Å². The lowest BCUT2D eigenvalue weighted by Gasteiger charge is -2.57. The Morgan fingerprint density at radius 3 is 1.17 bits per heavy atom. The van der Waals surface area contributed by atoms with E-state index in [1.165, 1.54) is 0 Å². The molecule has 0 N–H and O–H groups in total. The van der Waals surface area contributed by atoms with Gasteiger partial charge in [-0.25, -0.2) is 0 Å². The summed E-state index contributed by atoms with van der Waals surface area (Å²) in [5, 5.41) is 0. The van der Waals surface area contributed by atoms with E-state index in [-0.39, 0.29) is 0 Å². The van der Waals surface area contributed by atoms with Gasteiger partial charge in [-0.05, 0) is 18.1 Å². The number of rotatable bonds is 0. The van der Waals surface area contributed by atoms with Crippen LogP contribution in [-0.4, -0.2) is 6.16 Å². The zero-order valence-corrected chi connectivity index (χ0v) is 3.47. The Balaban J connectivity index is 2.31. The molecule has 0 saturated carbocycles. The molecule has 0 aromatic carbocycles. The van der Waals surface area contributed by atoms with Gasteiger partial charge in [0.2, 0.25) is 0 Å². The first kappa shape index (κ1) is 2.55. The molecule has 0 radical (unpaired) electrons. The SMILES string of the molecule is O1C23O[P+]1(O2)O3. The molecule has 32 valence electrons. The highest BCUT2D eigenvalue weighted by Gasteiger charge is 3.12. The Hall–Kier alpha value is 0.270. The van der Waals surface area contributed by atoms with Crippen molar-refractivity contribution in [3.63, 3.8) is 0 Å². The first-order valence-electron chi connectivity index (χ1n) is 1.55. The Kier molecular flexibility index (Phi) is 0.154. The lowest BCUT2D eigenvalue weighted by Crippen LogP contribution is -2.75. The highest BCUT2D eigenvalue weighted by atomic mass is 31.2. The maximum Gasteiger partial charge on any atom is 0.607 e. The molecule has 0 amide bonds. The topological polar surface area (TPSA) is 36.9 Å². The van der Waals surface area contributed by atoms with Crippen molar-refractivity contribution in [2.24, 2.45) is 0 Å². The Morgan fingerprint density at radius 2 is 1.17 bits per heavy atom. The number of hydrogen-bond acceptors (Lipinski definition) is 4. The van der Waals surface area contributed by atoms with Crippen LogP contribution in [0.2, 0.25) is 0 Å². The summed E-state index contributed by atoms with van der Waals surface area (Å²) in [5.74, 6) is 0. The van der Waals surface area contributed by atoms with E-state index in [1.54, 1.807) is 0 Å². The fraction of sp³-hybridized carbons (Fsp3) is 1.00. The van der Waals surface area contributed by atoms with Crippen LogP contribution >= 0.6 is 8.17 Å². The molecule has 6 aliphatic heterocycles. The maximum absolute atomic E-state index is 4.74. The van der Waals surface area contributed by atoms with E-state index in [4.69, 9.17) is 18.1 Å². The summed E-state index contributed by atoms with van der Waals surface area (Å²) >= 11 is 0. The monoisotopic (exact) mass is 107 g/mol.